The van der Waals surface area contributed by atoms with Crippen molar-refractivity contribution in [1.29, 1.82) is 0 Å². The molecule has 0 aliphatic rings. The van der Waals surface area contributed by atoms with Crippen molar-refractivity contribution in [3.05, 3.63) is 44.6 Å². The van der Waals surface area contributed by atoms with E-state index in [2.05, 4.69) is 25.6 Å². The van der Waals surface area contributed by atoms with Crippen LogP contribution in [0.25, 0.3) is 11.1 Å². The number of hydrogen-bond donors (Lipinski definition) is 0. The molecular weight excluding hydrogens is 385 g/mol. The fourth-order valence-electron chi connectivity index (χ4n) is 2.01. The van der Waals surface area contributed by atoms with Crippen molar-refractivity contribution in [2.24, 2.45) is 0 Å². The number of hydrogen-bond acceptors (Lipinski definition) is 6. The molecule has 8 heteroatoms. The average Bonchev–Trinajstić information content (AvgIpc) is 2.49. The molecule has 0 radical (unpaired) electrons. The molecule has 0 saturated carbocycles. The highest BCUT2D eigenvalue weighted by Gasteiger charge is 2.27. The second kappa shape index (κ2) is 7.57. The highest BCUT2D eigenvalue weighted by Crippen LogP contribution is 2.33. The predicted octanol–water partition coefficient (Wildman–Crippen LogP) is 3.57. The number of carbonyl (C=O) groups is 1. The van der Waals surface area contributed by atoms with E-state index < -0.39 is 23.5 Å². The molecule has 0 atom stereocenters. The minimum Gasteiger partial charge on any atom is -0.486 e. The Morgan fingerprint density at radius 3 is 2.71 bits per heavy atom. The minimum absolute atomic E-state index is 0.0160. The van der Waals surface area contributed by atoms with Crippen molar-refractivity contribution in [3.8, 4) is 16.9 Å². The Kier molecular flexibility index (Phi) is 5.71. The molecule has 0 bridgehead atoms. The summed E-state index contributed by atoms with van der Waals surface area (Å²) in [4.78, 5) is 24.2. The van der Waals surface area contributed by atoms with Crippen molar-refractivity contribution < 1.29 is 23.2 Å². The van der Waals surface area contributed by atoms with E-state index in [1.54, 1.807) is 26.8 Å². The van der Waals surface area contributed by atoms with Crippen LogP contribution in [0.5, 0.6) is 5.75 Å². The predicted molar refractivity (Wildman–Crippen MR) is 87.6 cm³/mol. The number of aromatic nitrogens is 1. The first kappa shape index (κ1) is 18.1. The molecule has 6 nitrogen and oxygen atoms in total. The minimum atomic E-state index is -0.907. The van der Waals surface area contributed by atoms with E-state index in [1.165, 1.54) is 12.1 Å². The number of rotatable bonds is 5. The Balaban J connectivity index is 2.75. The largest absolute Gasteiger partial charge is 0.486 e. The van der Waals surface area contributed by atoms with Gasteiger partial charge >= 0.3 is 11.6 Å². The van der Waals surface area contributed by atoms with Gasteiger partial charge in [0.15, 0.2) is 5.69 Å². The van der Waals surface area contributed by atoms with E-state index >= 15 is 0 Å². The fourth-order valence-corrected chi connectivity index (χ4v) is 2.34. The van der Waals surface area contributed by atoms with Gasteiger partial charge in [0.1, 0.15) is 5.82 Å². The summed E-state index contributed by atoms with van der Waals surface area (Å²) in [5, 5.41) is 3.49. The quantitative estimate of drug-likeness (QED) is 0.715. The molecular formula is C16H15BrFNO5. The molecule has 0 N–H and O–H groups in total. The van der Waals surface area contributed by atoms with Crippen molar-refractivity contribution >= 4 is 21.9 Å². The summed E-state index contributed by atoms with van der Waals surface area (Å²) < 4.78 is 29.9. The van der Waals surface area contributed by atoms with Gasteiger partial charge in [0.25, 0.3) is 0 Å². The number of nitrogens with zero attached hydrogens (tertiary/aromatic N) is 1. The summed E-state index contributed by atoms with van der Waals surface area (Å²) in [6.07, 6.45) is -0.426. The van der Waals surface area contributed by atoms with Gasteiger partial charge < -0.3 is 14.0 Å². The lowest BCUT2D eigenvalue weighted by atomic mass is 10.0. The molecule has 2 rings (SSSR count). The summed E-state index contributed by atoms with van der Waals surface area (Å²) in [7, 11) is 0. The van der Waals surface area contributed by atoms with Gasteiger partial charge in [-0.25, -0.2) is 14.0 Å². The van der Waals surface area contributed by atoms with Crippen LogP contribution in [0.15, 0.2) is 32.0 Å². The molecule has 0 amide bonds. The number of halogens is 2. The van der Waals surface area contributed by atoms with E-state index in [9.17, 15) is 14.0 Å². The smallest absolute Gasteiger partial charge is 0.400 e. The summed E-state index contributed by atoms with van der Waals surface area (Å²) >= 11 is 3.15. The van der Waals surface area contributed by atoms with E-state index in [4.69, 9.17) is 9.47 Å². The molecule has 0 aliphatic heterocycles. The molecule has 0 aliphatic carbocycles. The van der Waals surface area contributed by atoms with Crippen LogP contribution in [0.4, 0.5) is 4.39 Å². The van der Waals surface area contributed by atoms with Crippen molar-refractivity contribution in [1.82, 2.24) is 5.16 Å². The Hall–Kier alpha value is -2.22. The van der Waals surface area contributed by atoms with Crippen LogP contribution in [0.1, 0.15) is 31.3 Å². The third kappa shape index (κ3) is 3.81. The number of esters is 1. The van der Waals surface area contributed by atoms with Crippen LogP contribution in [-0.2, 0) is 4.74 Å². The van der Waals surface area contributed by atoms with Gasteiger partial charge in [-0.2, -0.15) is 0 Å². The fraction of sp³-hybridized carbons (Fsp3) is 0.312. The average molecular weight is 400 g/mol. The van der Waals surface area contributed by atoms with Gasteiger partial charge in [-0.3, -0.25) is 0 Å². The van der Waals surface area contributed by atoms with Gasteiger partial charge in [0.2, 0.25) is 5.75 Å². The van der Waals surface area contributed by atoms with Gasteiger partial charge in [0.05, 0.1) is 18.3 Å². The molecule has 2 aromatic rings. The first-order valence-corrected chi connectivity index (χ1v) is 7.97. The lowest BCUT2D eigenvalue weighted by Crippen LogP contribution is -2.19. The maximum atomic E-state index is 14.4. The van der Waals surface area contributed by atoms with Gasteiger partial charge in [0, 0.05) is 10.0 Å². The lowest BCUT2D eigenvalue weighted by Gasteiger charge is -2.13. The zero-order chi connectivity index (χ0) is 17.9. The summed E-state index contributed by atoms with van der Waals surface area (Å²) in [6, 6.07) is 4.18. The van der Waals surface area contributed by atoms with Crippen LogP contribution in [0.3, 0.4) is 0 Å². The highest BCUT2D eigenvalue weighted by atomic mass is 79.9. The molecule has 0 spiro atoms. The molecule has 1 aromatic heterocycles. The summed E-state index contributed by atoms with van der Waals surface area (Å²) in [5.41, 5.74) is -1.34. The van der Waals surface area contributed by atoms with E-state index in [1.807, 2.05) is 0 Å². The Labute approximate surface area is 145 Å². The van der Waals surface area contributed by atoms with Gasteiger partial charge in [-0.05, 0) is 32.9 Å². The maximum absolute atomic E-state index is 14.4. The Bertz CT molecular complexity index is 819. The number of benzene rings is 1. The van der Waals surface area contributed by atoms with Crippen LogP contribution in [-0.4, -0.2) is 23.8 Å². The van der Waals surface area contributed by atoms with Crippen LogP contribution in [0, 0.1) is 5.82 Å². The molecule has 0 fully saturated rings. The molecule has 1 heterocycles. The first-order chi connectivity index (χ1) is 11.3. The third-order valence-corrected chi connectivity index (χ3v) is 3.39. The zero-order valence-electron chi connectivity index (χ0n) is 13.3. The van der Waals surface area contributed by atoms with Crippen LogP contribution < -0.4 is 10.4 Å². The molecule has 0 unspecified atom stereocenters. The topological polar surface area (TPSA) is 78.6 Å². The monoisotopic (exact) mass is 399 g/mol. The van der Waals surface area contributed by atoms with Crippen LogP contribution in [0.2, 0.25) is 0 Å². The molecule has 128 valence electrons. The van der Waals surface area contributed by atoms with Crippen molar-refractivity contribution in [3.63, 3.8) is 0 Å². The summed E-state index contributed by atoms with van der Waals surface area (Å²) in [6.45, 7) is 5.08. The van der Waals surface area contributed by atoms with E-state index in [-0.39, 0.29) is 29.2 Å². The van der Waals surface area contributed by atoms with Crippen LogP contribution >= 0.6 is 15.9 Å². The molecule has 24 heavy (non-hydrogen) atoms. The highest BCUT2D eigenvalue weighted by molar-refractivity contribution is 9.10. The second-order valence-electron chi connectivity index (χ2n) is 5.03. The van der Waals surface area contributed by atoms with E-state index in [0.29, 0.717) is 4.47 Å². The summed E-state index contributed by atoms with van der Waals surface area (Å²) in [5.74, 6) is -1.78. The maximum Gasteiger partial charge on any atom is 0.400 e. The Morgan fingerprint density at radius 2 is 2.12 bits per heavy atom. The van der Waals surface area contributed by atoms with Crippen molar-refractivity contribution in [2.75, 3.05) is 6.61 Å². The van der Waals surface area contributed by atoms with Crippen molar-refractivity contribution in [2.45, 2.75) is 26.9 Å². The van der Waals surface area contributed by atoms with E-state index in [0.717, 1.165) is 0 Å². The first-order valence-electron chi connectivity index (χ1n) is 7.18. The molecule has 0 saturated heterocycles. The Morgan fingerprint density at radius 1 is 1.42 bits per heavy atom. The number of ether oxygens (including phenoxy) is 2. The standard InChI is InChI=1S/C16H15BrFNO5/c1-4-22-14-12(10-6-5-9(17)7-11(10)18)13(19-24-16(14)21)15(20)23-8(2)3/h5-8H,4H2,1-3H3. The SMILES string of the molecule is CCOc1c(-c2ccc(Br)cc2F)c(C(=O)OC(C)C)noc1=O. The van der Waals surface area contributed by atoms with Gasteiger partial charge in [-0.15, -0.1) is 0 Å². The second-order valence-corrected chi connectivity index (χ2v) is 5.95. The molecule has 1 aromatic carbocycles. The van der Waals surface area contributed by atoms with Gasteiger partial charge in [-0.1, -0.05) is 27.2 Å². The normalized spacial score (nSPS) is 10.8. The lowest BCUT2D eigenvalue weighted by molar-refractivity contribution is 0.0360. The number of carbonyl (C=O) groups excluding carboxylic acids is 1. The zero-order valence-corrected chi connectivity index (χ0v) is 14.8. The third-order valence-electron chi connectivity index (χ3n) is 2.89.